The smallest absolute Gasteiger partial charge is 0.244 e. The molecule has 1 saturated heterocycles. The summed E-state index contributed by atoms with van der Waals surface area (Å²) in [6.07, 6.45) is 1.60. The molecule has 5 rings (SSSR count). The molecule has 0 amide bonds. The number of nitrogens with zero attached hydrogens (tertiary/aromatic N) is 4. The van der Waals surface area contributed by atoms with E-state index in [0.29, 0.717) is 31.2 Å². The highest BCUT2D eigenvalue weighted by atomic mass is 35.5. The molecular weight excluding hydrogens is 535 g/mol. The summed E-state index contributed by atoms with van der Waals surface area (Å²) in [7, 11) is -3.76. The van der Waals surface area contributed by atoms with Gasteiger partial charge in [0.25, 0.3) is 0 Å². The van der Waals surface area contributed by atoms with Gasteiger partial charge in [0, 0.05) is 42.5 Å². The highest BCUT2D eigenvalue weighted by Gasteiger charge is 2.32. The molecule has 1 aliphatic heterocycles. The van der Waals surface area contributed by atoms with E-state index >= 15 is 0 Å². The summed E-state index contributed by atoms with van der Waals surface area (Å²) in [5, 5.41) is 1.58. The molecule has 2 aromatic carbocycles. The SMILES string of the molecule is Cc1sc2nc(CCc3ccccc3)nc(N3CCN(S(=O)(=O)c4cc(Cl)ccc4Cl)CC3)c2c1C. The molecule has 1 aliphatic rings. The molecule has 36 heavy (non-hydrogen) atoms. The third-order valence-corrected chi connectivity index (χ3v) is 10.3. The minimum absolute atomic E-state index is 0.0436. The van der Waals surface area contributed by atoms with Crippen LogP contribution < -0.4 is 4.90 Å². The predicted octanol–water partition coefficient (Wildman–Crippen LogP) is 5.91. The average molecular weight is 562 g/mol. The topological polar surface area (TPSA) is 66.4 Å². The van der Waals surface area contributed by atoms with Crippen LogP contribution in [0.3, 0.4) is 0 Å². The predicted molar refractivity (Wildman–Crippen MR) is 148 cm³/mol. The number of halogens is 2. The zero-order chi connectivity index (χ0) is 25.4. The molecule has 10 heteroatoms. The van der Waals surface area contributed by atoms with E-state index in [1.807, 2.05) is 18.2 Å². The van der Waals surface area contributed by atoms with Crippen LogP contribution in [-0.4, -0.2) is 48.9 Å². The van der Waals surface area contributed by atoms with Gasteiger partial charge in [0.1, 0.15) is 21.4 Å². The van der Waals surface area contributed by atoms with Gasteiger partial charge >= 0.3 is 0 Å². The van der Waals surface area contributed by atoms with Crippen molar-refractivity contribution in [1.82, 2.24) is 14.3 Å². The molecule has 0 saturated carbocycles. The van der Waals surface area contributed by atoms with Gasteiger partial charge in [0.15, 0.2) is 0 Å². The van der Waals surface area contributed by atoms with Crippen molar-refractivity contribution in [2.75, 3.05) is 31.1 Å². The van der Waals surface area contributed by atoms with Gasteiger partial charge in [-0.25, -0.2) is 18.4 Å². The molecule has 0 aliphatic carbocycles. The third-order valence-electron chi connectivity index (χ3n) is 6.59. The van der Waals surface area contributed by atoms with Crippen LogP contribution in [0, 0.1) is 13.8 Å². The lowest BCUT2D eigenvalue weighted by molar-refractivity contribution is 0.384. The number of hydrogen-bond donors (Lipinski definition) is 0. The Labute approximate surface area is 225 Å². The fraction of sp³-hybridized carbons (Fsp3) is 0.308. The number of fused-ring (bicyclic) bond motifs is 1. The first-order valence-corrected chi connectivity index (χ1v) is 14.8. The molecule has 0 unspecified atom stereocenters. The van der Waals surface area contributed by atoms with E-state index in [9.17, 15) is 8.42 Å². The lowest BCUT2D eigenvalue weighted by Gasteiger charge is -2.35. The number of rotatable bonds is 6. The Balaban J connectivity index is 1.41. The number of sulfonamides is 1. The van der Waals surface area contributed by atoms with Gasteiger partial charge in [-0.1, -0.05) is 53.5 Å². The van der Waals surface area contributed by atoms with Gasteiger partial charge in [-0.15, -0.1) is 11.3 Å². The normalized spacial score (nSPS) is 15.1. The van der Waals surface area contributed by atoms with Crippen LogP contribution in [0.1, 0.15) is 21.8 Å². The first-order chi connectivity index (χ1) is 17.2. The van der Waals surface area contributed by atoms with Gasteiger partial charge in [-0.05, 0) is 49.6 Å². The largest absolute Gasteiger partial charge is 0.353 e. The number of thiophene rings is 1. The van der Waals surface area contributed by atoms with Crippen LogP contribution >= 0.6 is 34.5 Å². The van der Waals surface area contributed by atoms with E-state index in [4.69, 9.17) is 33.2 Å². The fourth-order valence-corrected chi connectivity index (χ4v) is 7.67. The summed E-state index contributed by atoms with van der Waals surface area (Å²) in [5.74, 6) is 1.70. The molecule has 0 radical (unpaired) electrons. The number of anilines is 1. The Morgan fingerprint density at radius 1 is 0.944 bits per heavy atom. The number of piperazine rings is 1. The maximum atomic E-state index is 13.3. The number of benzene rings is 2. The van der Waals surface area contributed by atoms with Crippen molar-refractivity contribution in [2.45, 2.75) is 31.6 Å². The second-order valence-electron chi connectivity index (χ2n) is 8.88. The lowest BCUT2D eigenvalue weighted by Crippen LogP contribution is -2.49. The quantitative estimate of drug-likeness (QED) is 0.293. The molecule has 4 aromatic rings. The second-order valence-corrected chi connectivity index (χ2v) is 12.8. The lowest BCUT2D eigenvalue weighted by atomic mass is 10.1. The van der Waals surface area contributed by atoms with Crippen LogP contribution in [0.5, 0.6) is 0 Å². The van der Waals surface area contributed by atoms with E-state index in [1.54, 1.807) is 17.4 Å². The zero-order valence-corrected chi connectivity index (χ0v) is 23.2. The molecule has 0 N–H and O–H groups in total. The van der Waals surface area contributed by atoms with Gasteiger partial charge in [0.05, 0.1) is 10.4 Å². The minimum Gasteiger partial charge on any atom is -0.353 e. The molecule has 1 fully saturated rings. The Hall–Kier alpha value is -2.23. The van der Waals surface area contributed by atoms with Crippen molar-refractivity contribution in [3.8, 4) is 0 Å². The van der Waals surface area contributed by atoms with Crippen molar-refractivity contribution in [3.05, 3.63) is 80.4 Å². The van der Waals surface area contributed by atoms with Gasteiger partial charge in [0.2, 0.25) is 10.0 Å². The van der Waals surface area contributed by atoms with Crippen LogP contribution in [0.15, 0.2) is 53.4 Å². The second kappa shape index (κ2) is 10.3. The van der Waals surface area contributed by atoms with Gasteiger partial charge in [-0.3, -0.25) is 0 Å². The van der Waals surface area contributed by atoms with Crippen LogP contribution in [0.4, 0.5) is 5.82 Å². The monoisotopic (exact) mass is 560 g/mol. The van der Waals surface area contributed by atoms with E-state index in [-0.39, 0.29) is 9.92 Å². The summed E-state index contributed by atoms with van der Waals surface area (Å²) in [6.45, 7) is 5.92. The Morgan fingerprint density at radius 3 is 2.39 bits per heavy atom. The van der Waals surface area contributed by atoms with E-state index in [2.05, 4.69) is 30.9 Å². The Kier molecular flexibility index (Phi) is 7.25. The van der Waals surface area contributed by atoms with Crippen LogP contribution in [0.25, 0.3) is 10.2 Å². The van der Waals surface area contributed by atoms with E-state index < -0.39 is 10.0 Å². The van der Waals surface area contributed by atoms with E-state index in [1.165, 1.54) is 32.4 Å². The van der Waals surface area contributed by atoms with Crippen molar-refractivity contribution >= 4 is 60.6 Å². The summed E-state index contributed by atoms with van der Waals surface area (Å²) in [4.78, 5) is 14.3. The van der Waals surface area contributed by atoms with Gasteiger partial charge in [-0.2, -0.15) is 4.31 Å². The van der Waals surface area contributed by atoms with Crippen molar-refractivity contribution in [1.29, 1.82) is 0 Å². The highest BCUT2D eigenvalue weighted by molar-refractivity contribution is 7.89. The Morgan fingerprint density at radius 2 is 1.67 bits per heavy atom. The van der Waals surface area contributed by atoms with Crippen LogP contribution in [-0.2, 0) is 22.9 Å². The first-order valence-electron chi connectivity index (χ1n) is 11.7. The molecule has 3 heterocycles. The molecule has 0 atom stereocenters. The summed E-state index contributed by atoms with van der Waals surface area (Å²) in [6, 6.07) is 14.8. The average Bonchev–Trinajstić information content (AvgIpc) is 3.17. The maximum Gasteiger partial charge on any atom is 0.244 e. The van der Waals surface area contributed by atoms with Crippen LogP contribution in [0.2, 0.25) is 10.0 Å². The highest BCUT2D eigenvalue weighted by Crippen LogP contribution is 2.36. The van der Waals surface area contributed by atoms with Crippen molar-refractivity contribution < 1.29 is 8.42 Å². The van der Waals surface area contributed by atoms with Gasteiger partial charge < -0.3 is 4.90 Å². The number of hydrogen-bond acceptors (Lipinski definition) is 6. The number of aromatic nitrogens is 2. The van der Waals surface area contributed by atoms with E-state index in [0.717, 1.165) is 34.7 Å². The Bertz CT molecular complexity index is 1520. The molecule has 188 valence electrons. The summed E-state index contributed by atoms with van der Waals surface area (Å²) in [5.41, 5.74) is 2.43. The zero-order valence-electron chi connectivity index (χ0n) is 20.0. The fourth-order valence-electron chi connectivity index (χ4n) is 4.47. The maximum absolute atomic E-state index is 13.3. The minimum atomic E-state index is -3.76. The molecule has 0 spiro atoms. The summed E-state index contributed by atoms with van der Waals surface area (Å²) < 4.78 is 28.0. The first kappa shape index (κ1) is 25.4. The molecular formula is C26H26Cl2N4O2S2. The molecule has 6 nitrogen and oxygen atoms in total. The molecule has 0 bridgehead atoms. The molecule has 2 aromatic heterocycles. The van der Waals surface area contributed by atoms with Crippen molar-refractivity contribution in [2.24, 2.45) is 0 Å². The number of aryl methyl sites for hydroxylation is 4. The third kappa shape index (κ3) is 4.97. The summed E-state index contributed by atoms with van der Waals surface area (Å²) >= 11 is 14.0. The van der Waals surface area contributed by atoms with Crippen molar-refractivity contribution in [3.63, 3.8) is 0 Å². The standard InChI is InChI=1S/C26H26Cl2N4O2S2/c1-17-18(2)35-26-24(17)25(29-23(30-26)11-8-19-6-4-3-5-7-19)31-12-14-32(15-13-31)36(33,34)22-16-20(27)9-10-21(22)28/h3-7,9-10,16H,8,11-15H2,1-2H3.